The predicted molar refractivity (Wildman–Crippen MR) is 90.1 cm³/mol. The lowest BCUT2D eigenvalue weighted by Gasteiger charge is -2.39. The molecule has 1 atom stereocenters. The van der Waals surface area contributed by atoms with Gasteiger partial charge in [0.25, 0.3) is 0 Å². The first-order valence-corrected chi connectivity index (χ1v) is 7.12. The Morgan fingerprint density at radius 2 is 1.75 bits per heavy atom. The first kappa shape index (κ1) is 22.3. The van der Waals surface area contributed by atoms with Gasteiger partial charge in [0.1, 0.15) is 0 Å². The van der Waals surface area contributed by atoms with Crippen molar-refractivity contribution in [3.63, 3.8) is 0 Å². The van der Waals surface area contributed by atoms with Crippen LogP contribution < -0.4 is 5.32 Å². The highest BCUT2D eigenvalue weighted by Crippen LogP contribution is 2.18. The third-order valence-corrected chi connectivity index (χ3v) is 4.06. The van der Waals surface area contributed by atoms with Gasteiger partial charge in [0, 0.05) is 44.7 Å². The van der Waals surface area contributed by atoms with Crippen molar-refractivity contribution < 1.29 is 4.79 Å². The van der Waals surface area contributed by atoms with Crippen LogP contribution in [0.25, 0.3) is 0 Å². The van der Waals surface area contributed by atoms with Crippen molar-refractivity contribution in [1.29, 1.82) is 0 Å². The SMILES string of the molecule is CNCC(C)C(=O)N(C)C1CCN(C(C)C)CC1.Cl.Cl. The summed E-state index contributed by atoms with van der Waals surface area (Å²) in [7, 11) is 3.86. The summed E-state index contributed by atoms with van der Waals surface area (Å²) in [5, 5.41) is 3.07. The molecule has 1 aliphatic heterocycles. The number of hydrogen-bond donors (Lipinski definition) is 1. The average Bonchev–Trinajstić information content (AvgIpc) is 2.37. The molecule has 0 saturated carbocycles. The predicted octanol–water partition coefficient (Wildman–Crippen LogP) is 2.02. The van der Waals surface area contributed by atoms with Gasteiger partial charge in [-0.05, 0) is 33.7 Å². The number of piperidine rings is 1. The molecule has 1 unspecified atom stereocenters. The lowest BCUT2D eigenvalue weighted by atomic mass is 10.0. The summed E-state index contributed by atoms with van der Waals surface area (Å²) < 4.78 is 0. The van der Waals surface area contributed by atoms with Crippen LogP contribution in [0, 0.1) is 5.92 Å². The molecule has 0 aromatic carbocycles. The van der Waals surface area contributed by atoms with Crippen molar-refractivity contribution in [2.75, 3.05) is 33.7 Å². The second-order valence-corrected chi connectivity index (χ2v) is 5.77. The molecule has 1 N–H and O–H groups in total. The summed E-state index contributed by atoms with van der Waals surface area (Å²) in [5.74, 6) is 0.343. The molecule has 1 saturated heterocycles. The molecule has 1 amide bonds. The van der Waals surface area contributed by atoms with Crippen LogP contribution in [0.1, 0.15) is 33.6 Å². The Balaban J connectivity index is 0. The maximum atomic E-state index is 12.2. The van der Waals surface area contributed by atoms with E-state index < -0.39 is 0 Å². The number of likely N-dealkylation sites (tertiary alicyclic amines) is 1. The molecule has 0 bridgehead atoms. The van der Waals surface area contributed by atoms with Gasteiger partial charge in [-0.2, -0.15) is 0 Å². The molecule has 4 nitrogen and oxygen atoms in total. The highest BCUT2D eigenvalue weighted by atomic mass is 35.5. The molecule has 1 aliphatic rings. The second-order valence-electron chi connectivity index (χ2n) is 5.77. The Bertz CT molecular complexity index is 269. The topological polar surface area (TPSA) is 35.6 Å². The van der Waals surface area contributed by atoms with E-state index in [2.05, 4.69) is 24.1 Å². The number of hydrogen-bond acceptors (Lipinski definition) is 3. The van der Waals surface area contributed by atoms with E-state index in [0.717, 1.165) is 32.5 Å². The largest absolute Gasteiger partial charge is 0.342 e. The standard InChI is InChI=1S/C14H29N3O.2ClH/c1-11(2)17-8-6-13(7-9-17)16(5)14(18)12(3)10-15-4;;/h11-13,15H,6-10H2,1-5H3;2*1H. The van der Waals surface area contributed by atoms with Gasteiger partial charge in [-0.3, -0.25) is 4.79 Å². The Kier molecular flexibility index (Phi) is 11.9. The van der Waals surface area contributed by atoms with Gasteiger partial charge in [0.05, 0.1) is 0 Å². The van der Waals surface area contributed by atoms with E-state index in [1.807, 2.05) is 25.9 Å². The zero-order chi connectivity index (χ0) is 13.7. The summed E-state index contributed by atoms with van der Waals surface area (Å²) in [6.45, 7) is 9.46. The fraction of sp³-hybridized carbons (Fsp3) is 0.929. The third kappa shape index (κ3) is 6.17. The van der Waals surface area contributed by atoms with Crippen molar-refractivity contribution in [2.24, 2.45) is 5.92 Å². The quantitative estimate of drug-likeness (QED) is 0.839. The van der Waals surface area contributed by atoms with E-state index in [1.165, 1.54) is 0 Å². The number of nitrogens with zero attached hydrogens (tertiary/aromatic N) is 2. The molecule has 1 fully saturated rings. The smallest absolute Gasteiger partial charge is 0.226 e. The molecule has 122 valence electrons. The molecular weight excluding hydrogens is 297 g/mol. The van der Waals surface area contributed by atoms with Gasteiger partial charge in [0.15, 0.2) is 0 Å². The van der Waals surface area contributed by atoms with Crippen molar-refractivity contribution in [3.8, 4) is 0 Å². The van der Waals surface area contributed by atoms with Crippen LogP contribution in [0.5, 0.6) is 0 Å². The average molecular weight is 328 g/mol. The van der Waals surface area contributed by atoms with Crippen LogP contribution in [-0.4, -0.2) is 61.5 Å². The number of rotatable bonds is 5. The Hall–Kier alpha value is -0.0300. The summed E-state index contributed by atoms with van der Waals surface area (Å²) in [5.41, 5.74) is 0. The zero-order valence-electron chi connectivity index (χ0n) is 13.4. The fourth-order valence-corrected chi connectivity index (χ4v) is 2.71. The molecule has 0 spiro atoms. The molecular formula is C14H31Cl2N3O. The maximum Gasteiger partial charge on any atom is 0.226 e. The van der Waals surface area contributed by atoms with Crippen LogP contribution in [0.15, 0.2) is 0 Å². The van der Waals surface area contributed by atoms with Crippen LogP contribution in [0.2, 0.25) is 0 Å². The van der Waals surface area contributed by atoms with E-state index in [4.69, 9.17) is 0 Å². The summed E-state index contributed by atoms with van der Waals surface area (Å²) >= 11 is 0. The van der Waals surface area contributed by atoms with Crippen molar-refractivity contribution in [2.45, 2.75) is 45.7 Å². The van der Waals surface area contributed by atoms with Gasteiger partial charge >= 0.3 is 0 Å². The first-order chi connectivity index (χ1) is 8.47. The lowest BCUT2D eigenvalue weighted by Crippen LogP contribution is -2.49. The number of carbonyl (C=O) groups excluding carboxylic acids is 1. The zero-order valence-corrected chi connectivity index (χ0v) is 15.0. The number of amides is 1. The maximum absolute atomic E-state index is 12.2. The van der Waals surface area contributed by atoms with Crippen LogP contribution in [0.3, 0.4) is 0 Å². The minimum Gasteiger partial charge on any atom is -0.342 e. The van der Waals surface area contributed by atoms with Crippen molar-refractivity contribution in [3.05, 3.63) is 0 Å². The highest BCUT2D eigenvalue weighted by molar-refractivity contribution is 5.85. The molecule has 1 rings (SSSR count). The summed E-state index contributed by atoms with van der Waals surface area (Å²) in [6, 6.07) is 1.04. The molecule has 6 heteroatoms. The van der Waals surface area contributed by atoms with Crippen molar-refractivity contribution >= 4 is 30.7 Å². The van der Waals surface area contributed by atoms with Crippen molar-refractivity contribution in [1.82, 2.24) is 15.1 Å². The summed E-state index contributed by atoms with van der Waals surface area (Å²) in [4.78, 5) is 16.7. The first-order valence-electron chi connectivity index (χ1n) is 7.12. The van der Waals surface area contributed by atoms with Gasteiger partial charge < -0.3 is 15.1 Å². The van der Waals surface area contributed by atoms with E-state index in [-0.39, 0.29) is 36.6 Å². The number of carbonyl (C=O) groups is 1. The van der Waals surface area contributed by atoms with E-state index >= 15 is 0 Å². The lowest BCUT2D eigenvalue weighted by molar-refractivity contribution is -0.136. The summed E-state index contributed by atoms with van der Waals surface area (Å²) in [6.07, 6.45) is 2.21. The van der Waals surface area contributed by atoms with Crippen LogP contribution >= 0.6 is 24.8 Å². The van der Waals surface area contributed by atoms with E-state index in [9.17, 15) is 4.79 Å². The Morgan fingerprint density at radius 3 is 2.15 bits per heavy atom. The van der Waals surface area contributed by atoms with E-state index in [0.29, 0.717) is 12.1 Å². The molecule has 0 aliphatic carbocycles. The molecule has 1 heterocycles. The van der Waals surface area contributed by atoms with Crippen LogP contribution in [0.4, 0.5) is 0 Å². The van der Waals surface area contributed by atoms with Gasteiger partial charge in [0.2, 0.25) is 5.91 Å². The number of halogens is 2. The molecule has 20 heavy (non-hydrogen) atoms. The molecule has 0 aromatic rings. The minimum absolute atomic E-state index is 0. The van der Waals surface area contributed by atoms with E-state index in [1.54, 1.807) is 0 Å². The fourth-order valence-electron chi connectivity index (χ4n) is 2.71. The minimum atomic E-state index is 0. The Labute approximate surface area is 136 Å². The van der Waals surface area contributed by atoms with Gasteiger partial charge in [-0.15, -0.1) is 24.8 Å². The third-order valence-electron chi connectivity index (χ3n) is 4.06. The molecule has 0 radical (unpaired) electrons. The monoisotopic (exact) mass is 327 g/mol. The molecule has 0 aromatic heterocycles. The van der Waals surface area contributed by atoms with Crippen LogP contribution in [-0.2, 0) is 4.79 Å². The van der Waals surface area contributed by atoms with Gasteiger partial charge in [-0.25, -0.2) is 0 Å². The Morgan fingerprint density at radius 1 is 1.25 bits per heavy atom. The highest BCUT2D eigenvalue weighted by Gasteiger charge is 2.28. The number of nitrogens with one attached hydrogen (secondary N) is 1. The normalized spacial score (nSPS) is 18.1. The second kappa shape index (κ2) is 10.7. The van der Waals surface area contributed by atoms with Gasteiger partial charge in [-0.1, -0.05) is 6.92 Å².